The Kier molecular flexibility index (Phi) is 7.56. The van der Waals surface area contributed by atoms with Gasteiger partial charge in [0, 0.05) is 21.7 Å². The van der Waals surface area contributed by atoms with Crippen molar-refractivity contribution < 1.29 is 9.52 Å². The molecular weight excluding hydrogens is 393 g/mol. The molecule has 2 atom stereocenters. The summed E-state index contributed by atoms with van der Waals surface area (Å²) in [6, 6.07) is 18.6. The SMILES string of the molecule is CC(NCc1ccc(-c2cc(Cl)cc(Cl)c2)o1)C(O)c1ccccc1.Cl. The van der Waals surface area contributed by atoms with Crippen molar-refractivity contribution in [1.29, 1.82) is 0 Å². The Balaban J connectivity index is 0.00000243. The molecule has 0 aliphatic heterocycles. The molecule has 2 N–H and O–H groups in total. The van der Waals surface area contributed by atoms with Gasteiger partial charge in [-0.15, -0.1) is 12.4 Å². The molecule has 0 radical (unpaired) electrons. The van der Waals surface area contributed by atoms with Gasteiger partial charge in [-0.2, -0.15) is 0 Å². The Hall–Kier alpha value is -1.49. The molecule has 0 saturated carbocycles. The Bertz CT molecular complexity index is 816. The van der Waals surface area contributed by atoms with Crippen molar-refractivity contribution >= 4 is 35.6 Å². The first-order chi connectivity index (χ1) is 12.0. The van der Waals surface area contributed by atoms with Gasteiger partial charge in [0.2, 0.25) is 0 Å². The fourth-order valence-electron chi connectivity index (χ4n) is 2.64. The van der Waals surface area contributed by atoms with Crippen molar-refractivity contribution in [3.63, 3.8) is 0 Å². The number of benzene rings is 2. The molecule has 0 fully saturated rings. The lowest BCUT2D eigenvalue weighted by Gasteiger charge is -2.20. The lowest BCUT2D eigenvalue weighted by Crippen LogP contribution is -2.31. The maximum atomic E-state index is 10.4. The molecule has 0 bridgehead atoms. The third-order valence-corrected chi connectivity index (χ3v) is 4.46. The number of halogens is 3. The van der Waals surface area contributed by atoms with Crippen molar-refractivity contribution in [2.45, 2.75) is 25.6 Å². The zero-order chi connectivity index (χ0) is 17.8. The Morgan fingerprint density at radius 3 is 2.31 bits per heavy atom. The lowest BCUT2D eigenvalue weighted by atomic mass is 10.0. The van der Waals surface area contributed by atoms with Crippen LogP contribution in [0.2, 0.25) is 10.0 Å². The molecule has 0 spiro atoms. The average molecular weight is 413 g/mol. The molecule has 0 aliphatic carbocycles. The molecule has 1 aromatic heterocycles. The summed E-state index contributed by atoms with van der Waals surface area (Å²) < 4.78 is 5.85. The lowest BCUT2D eigenvalue weighted by molar-refractivity contribution is 0.134. The van der Waals surface area contributed by atoms with E-state index in [2.05, 4.69) is 5.32 Å². The third-order valence-electron chi connectivity index (χ3n) is 4.02. The van der Waals surface area contributed by atoms with E-state index in [-0.39, 0.29) is 18.4 Å². The molecule has 138 valence electrons. The second-order valence-corrected chi connectivity index (χ2v) is 6.82. The monoisotopic (exact) mass is 411 g/mol. The highest BCUT2D eigenvalue weighted by Gasteiger charge is 2.16. The molecule has 0 aliphatic rings. The van der Waals surface area contributed by atoms with Gasteiger partial charge in [-0.05, 0) is 42.8 Å². The van der Waals surface area contributed by atoms with Gasteiger partial charge in [-0.25, -0.2) is 0 Å². The van der Waals surface area contributed by atoms with Gasteiger partial charge in [0.25, 0.3) is 0 Å². The van der Waals surface area contributed by atoms with Crippen molar-refractivity contribution in [3.8, 4) is 11.3 Å². The zero-order valence-corrected chi connectivity index (χ0v) is 16.5. The third kappa shape index (κ3) is 5.26. The highest BCUT2D eigenvalue weighted by atomic mass is 35.5. The summed E-state index contributed by atoms with van der Waals surface area (Å²) in [6.07, 6.45) is -0.581. The number of hydrogen-bond donors (Lipinski definition) is 2. The fraction of sp³-hybridized carbons (Fsp3) is 0.200. The summed E-state index contributed by atoms with van der Waals surface area (Å²) in [5.41, 5.74) is 1.72. The number of aliphatic hydroxyl groups excluding tert-OH is 1. The predicted molar refractivity (Wildman–Crippen MR) is 109 cm³/mol. The van der Waals surface area contributed by atoms with Crippen molar-refractivity contribution in [3.05, 3.63) is 82.0 Å². The van der Waals surface area contributed by atoms with Crippen LogP contribution in [0.4, 0.5) is 0 Å². The van der Waals surface area contributed by atoms with Crippen LogP contribution >= 0.6 is 35.6 Å². The maximum Gasteiger partial charge on any atom is 0.134 e. The average Bonchev–Trinajstić information content (AvgIpc) is 3.08. The zero-order valence-electron chi connectivity index (χ0n) is 14.2. The Morgan fingerprint density at radius 2 is 1.65 bits per heavy atom. The van der Waals surface area contributed by atoms with E-state index < -0.39 is 6.10 Å². The normalized spacial score (nSPS) is 13.1. The minimum absolute atomic E-state index is 0. The van der Waals surface area contributed by atoms with E-state index in [0.717, 1.165) is 16.9 Å². The number of rotatable bonds is 6. The first-order valence-corrected chi connectivity index (χ1v) is 8.80. The number of aliphatic hydroxyl groups is 1. The summed E-state index contributed by atoms with van der Waals surface area (Å²) in [4.78, 5) is 0. The Labute approximate surface area is 169 Å². The van der Waals surface area contributed by atoms with Crippen molar-refractivity contribution in [2.75, 3.05) is 0 Å². The van der Waals surface area contributed by atoms with E-state index in [1.54, 1.807) is 6.07 Å². The van der Waals surface area contributed by atoms with Crippen LogP contribution in [0.15, 0.2) is 65.1 Å². The second-order valence-electron chi connectivity index (χ2n) is 5.95. The van der Waals surface area contributed by atoms with E-state index >= 15 is 0 Å². The molecule has 26 heavy (non-hydrogen) atoms. The van der Waals surface area contributed by atoms with Crippen LogP contribution < -0.4 is 5.32 Å². The van der Waals surface area contributed by atoms with E-state index in [4.69, 9.17) is 27.6 Å². The number of furan rings is 1. The van der Waals surface area contributed by atoms with Crippen LogP contribution in [-0.2, 0) is 6.54 Å². The minimum atomic E-state index is -0.581. The first-order valence-electron chi connectivity index (χ1n) is 8.04. The highest BCUT2D eigenvalue weighted by molar-refractivity contribution is 6.35. The highest BCUT2D eigenvalue weighted by Crippen LogP contribution is 2.28. The molecule has 0 amide bonds. The molecular formula is C20H20Cl3NO2. The predicted octanol–water partition coefficient (Wildman–Crippen LogP) is 5.89. The molecule has 0 saturated heterocycles. The maximum absolute atomic E-state index is 10.4. The van der Waals surface area contributed by atoms with Crippen molar-refractivity contribution in [1.82, 2.24) is 5.32 Å². The number of nitrogens with one attached hydrogen (secondary N) is 1. The smallest absolute Gasteiger partial charge is 0.134 e. The largest absolute Gasteiger partial charge is 0.460 e. The van der Waals surface area contributed by atoms with Gasteiger partial charge in [-0.1, -0.05) is 53.5 Å². The molecule has 3 nitrogen and oxygen atoms in total. The molecule has 2 aromatic carbocycles. The van der Waals surface area contributed by atoms with E-state index in [0.29, 0.717) is 22.4 Å². The number of hydrogen-bond acceptors (Lipinski definition) is 3. The van der Waals surface area contributed by atoms with Gasteiger partial charge < -0.3 is 14.8 Å². The summed E-state index contributed by atoms with van der Waals surface area (Å²) in [5, 5.41) is 14.8. The summed E-state index contributed by atoms with van der Waals surface area (Å²) >= 11 is 12.1. The summed E-state index contributed by atoms with van der Waals surface area (Å²) in [5.74, 6) is 1.48. The van der Waals surface area contributed by atoms with E-state index in [9.17, 15) is 5.11 Å². The first kappa shape index (κ1) is 20.8. The minimum Gasteiger partial charge on any atom is -0.460 e. The van der Waals surface area contributed by atoms with Crippen molar-refractivity contribution in [2.24, 2.45) is 0 Å². The van der Waals surface area contributed by atoms with Gasteiger partial charge >= 0.3 is 0 Å². The van der Waals surface area contributed by atoms with Crippen LogP contribution in [0.1, 0.15) is 24.4 Å². The standard InChI is InChI=1S/C20H19Cl2NO2.ClH/c1-13(20(24)14-5-3-2-4-6-14)23-12-18-7-8-19(25-18)15-9-16(21)11-17(22)10-15;/h2-11,13,20,23-24H,12H2,1H3;1H. The molecule has 2 unspecified atom stereocenters. The molecule has 1 heterocycles. The van der Waals surface area contributed by atoms with E-state index in [1.165, 1.54) is 0 Å². The topological polar surface area (TPSA) is 45.4 Å². The second kappa shape index (κ2) is 9.45. The summed E-state index contributed by atoms with van der Waals surface area (Å²) in [6.45, 7) is 2.46. The summed E-state index contributed by atoms with van der Waals surface area (Å²) in [7, 11) is 0. The molecule has 3 rings (SSSR count). The fourth-order valence-corrected chi connectivity index (χ4v) is 3.16. The Morgan fingerprint density at radius 1 is 1.00 bits per heavy atom. The van der Waals surface area contributed by atoms with Crippen LogP contribution in [-0.4, -0.2) is 11.1 Å². The van der Waals surface area contributed by atoms with Crippen LogP contribution in [0, 0.1) is 0 Å². The quantitative estimate of drug-likeness (QED) is 0.531. The molecule has 3 aromatic rings. The van der Waals surface area contributed by atoms with Crippen LogP contribution in [0.25, 0.3) is 11.3 Å². The van der Waals surface area contributed by atoms with Crippen LogP contribution in [0.5, 0.6) is 0 Å². The van der Waals surface area contributed by atoms with Gasteiger partial charge in [0.05, 0.1) is 12.6 Å². The van der Waals surface area contributed by atoms with Crippen LogP contribution in [0.3, 0.4) is 0 Å². The van der Waals surface area contributed by atoms with Gasteiger partial charge in [-0.3, -0.25) is 0 Å². The molecule has 6 heteroatoms. The van der Waals surface area contributed by atoms with Gasteiger partial charge in [0.1, 0.15) is 11.5 Å². The van der Waals surface area contributed by atoms with Gasteiger partial charge in [0.15, 0.2) is 0 Å². The van der Waals surface area contributed by atoms with E-state index in [1.807, 2.05) is 61.5 Å².